The summed E-state index contributed by atoms with van der Waals surface area (Å²) >= 11 is 0. The molecule has 1 aromatic carbocycles. The van der Waals surface area contributed by atoms with Crippen LogP contribution in [0.1, 0.15) is 31.2 Å². The van der Waals surface area contributed by atoms with Gasteiger partial charge < -0.3 is 15.8 Å². The maximum absolute atomic E-state index is 12.1. The highest BCUT2D eigenvalue weighted by molar-refractivity contribution is 5.78. The van der Waals surface area contributed by atoms with Crippen LogP contribution < -0.4 is 15.8 Å². The highest BCUT2D eigenvalue weighted by Crippen LogP contribution is 2.23. The number of rotatable bonds is 5. The lowest BCUT2D eigenvalue weighted by Gasteiger charge is -2.25. The SMILES string of the molecule is NC1CCCC(C(=O)NCc2cccc(OCC(F)(F)F)c2)C1. The normalized spacial score (nSPS) is 21.7. The molecule has 23 heavy (non-hydrogen) atoms. The minimum absolute atomic E-state index is 0.0539. The second-order valence-corrected chi connectivity index (χ2v) is 5.89. The molecule has 2 atom stereocenters. The molecule has 128 valence electrons. The van der Waals surface area contributed by atoms with Gasteiger partial charge in [-0.15, -0.1) is 0 Å². The topological polar surface area (TPSA) is 64.4 Å². The summed E-state index contributed by atoms with van der Waals surface area (Å²) in [7, 11) is 0. The molecule has 0 aromatic heterocycles. The van der Waals surface area contributed by atoms with Gasteiger partial charge in [0, 0.05) is 18.5 Å². The maximum atomic E-state index is 12.1. The molecule has 1 aliphatic carbocycles. The van der Waals surface area contributed by atoms with Crippen molar-refractivity contribution in [1.29, 1.82) is 0 Å². The number of hydrogen-bond acceptors (Lipinski definition) is 3. The number of ether oxygens (including phenoxy) is 1. The average Bonchev–Trinajstić information content (AvgIpc) is 2.50. The van der Waals surface area contributed by atoms with Crippen LogP contribution >= 0.6 is 0 Å². The molecule has 0 radical (unpaired) electrons. The van der Waals surface area contributed by atoms with Crippen LogP contribution in [0.5, 0.6) is 5.75 Å². The molecule has 1 fully saturated rings. The molecular weight excluding hydrogens is 309 g/mol. The summed E-state index contributed by atoms with van der Waals surface area (Å²) in [5.41, 5.74) is 6.56. The number of carbonyl (C=O) groups is 1. The van der Waals surface area contributed by atoms with Crippen LogP contribution in [-0.2, 0) is 11.3 Å². The van der Waals surface area contributed by atoms with Gasteiger partial charge in [0.15, 0.2) is 6.61 Å². The summed E-state index contributed by atoms with van der Waals surface area (Å²) in [6.07, 6.45) is -0.971. The number of hydrogen-bond donors (Lipinski definition) is 2. The molecule has 1 amide bonds. The van der Waals surface area contributed by atoms with Crippen molar-refractivity contribution in [2.24, 2.45) is 11.7 Å². The highest BCUT2D eigenvalue weighted by atomic mass is 19.4. The lowest BCUT2D eigenvalue weighted by Crippen LogP contribution is -2.37. The van der Waals surface area contributed by atoms with E-state index in [-0.39, 0.29) is 30.2 Å². The summed E-state index contributed by atoms with van der Waals surface area (Å²) in [5.74, 6) is -0.000984. The minimum Gasteiger partial charge on any atom is -0.484 e. The molecule has 0 heterocycles. The largest absolute Gasteiger partial charge is 0.484 e. The molecule has 2 unspecified atom stereocenters. The van der Waals surface area contributed by atoms with Crippen LogP contribution in [0.3, 0.4) is 0 Å². The zero-order chi connectivity index (χ0) is 16.9. The molecular formula is C16H21F3N2O2. The Kier molecular flexibility index (Phi) is 5.87. The number of amides is 1. The minimum atomic E-state index is -4.37. The van der Waals surface area contributed by atoms with Gasteiger partial charge >= 0.3 is 6.18 Å². The molecule has 0 saturated heterocycles. The highest BCUT2D eigenvalue weighted by Gasteiger charge is 2.28. The Morgan fingerprint density at radius 3 is 2.83 bits per heavy atom. The molecule has 0 spiro atoms. The number of halogens is 3. The van der Waals surface area contributed by atoms with E-state index in [2.05, 4.69) is 5.32 Å². The first kappa shape index (κ1) is 17.6. The third-order valence-corrected chi connectivity index (χ3v) is 3.85. The maximum Gasteiger partial charge on any atom is 0.422 e. The van der Waals surface area contributed by atoms with Gasteiger partial charge in [-0.1, -0.05) is 18.6 Å². The number of benzene rings is 1. The van der Waals surface area contributed by atoms with Gasteiger partial charge in [0.2, 0.25) is 5.91 Å². The fourth-order valence-electron chi connectivity index (χ4n) is 2.71. The average molecular weight is 330 g/mol. The van der Waals surface area contributed by atoms with E-state index in [1.165, 1.54) is 12.1 Å². The first-order valence-corrected chi connectivity index (χ1v) is 7.65. The monoisotopic (exact) mass is 330 g/mol. The molecule has 4 nitrogen and oxygen atoms in total. The van der Waals surface area contributed by atoms with E-state index in [9.17, 15) is 18.0 Å². The Morgan fingerprint density at radius 1 is 1.35 bits per heavy atom. The van der Waals surface area contributed by atoms with Crippen molar-refractivity contribution in [3.8, 4) is 5.75 Å². The van der Waals surface area contributed by atoms with Crippen LogP contribution in [-0.4, -0.2) is 24.7 Å². The van der Waals surface area contributed by atoms with Gasteiger partial charge in [0.1, 0.15) is 5.75 Å². The molecule has 0 bridgehead atoms. The van der Waals surface area contributed by atoms with E-state index in [4.69, 9.17) is 10.5 Å². The van der Waals surface area contributed by atoms with Crippen LogP contribution in [0.2, 0.25) is 0 Å². The quantitative estimate of drug-likeness (QED) is 0.872. The van der Waals surface area contributed by atoms with E-state index >= 15 is 0 Å². The van der Waals surface area contributed by atoms with Crippen molar-refractivity contribution >= 4 is 5.91 Å². The van der Waals surface area contributed by atoms with E-state index in [0.717, 1.165) is 19.3 Å². The Labute approximate surface area is 133 Å². The van der Waals surface area contributed by atoms with E-state index in [1.54, 1.807) is 12.1 Å². The fourth-order valence-corrected chi connectivity index (χ4v) is 2.71. The predicted octanol–water partition coefficient (Wildman–Crippen LogP) is 2.76. The summed E-state index contributed by atoms with van der Waals surface area (Å²) in [6, 6.07) is 6.35. The Bertz CT molecular complexity index is 534. The predicted molar refractivity (Wildman–Crippen MR) is 79.8 cm³/mol. The number of carbonyl (C=O) groups excluding carboxylic acids is 1. The second kappa shape index (κ2) is 7.68. The Morgan fingerprint density at radius 2 is 2.13 bits per heavy atom. The van der Waals surface area contributed by atoms with Crippen molar-refractivity contribution in [3.05, 3.63) is 29.8 Å². The van der Waals surface area contributed by atoms with Gasteiger partial charge in [-0.25, -0.2) is 0 Å². The number of nitrogens with two attached hydrogens (primary N) is 1. The van der Waals surface area contributed by atoms with Crippen molar-refractivity contribution in [2.45, 2.75) is 44.4 Å². The van der Waals surface area contributed by atoms with E-state index in [0.29, 0.717) is 12.0 Å². The van der Waals surface area contributed by atoms with Gasteiger partial charge in [-0.3, -0.25) is 4.79 Å². The standard InChI is InChI=1S/C16H21F3N2O2/c17-16(18,19)10-23-14-6-1-3-11(7-14)9-21-15(22)12-4-2-5-13(20)8-12/h1,3,6-7,12-13H,2,4-5,8-10,20H2,(H,21,22). The lowest BCUT2D eigenvalue weighted by atomic mass is 9.85. The van der Waals surface area contributed by atoms with Crippen LogP contribution in [0.15, 0.2) is 24.3 Å². The van der Waals surface area contributed by atoms with Crippen LogP contribution in [0.4, 0.5) is 13.2 Å². The second-order valence-electron chi connectivity index (χ2n) is 5.89. The van der Waals surface area contributed by atoms with Crippen molar-refractivity contribution < 1.29 is 22.7 Å². The molecule has 7 heteroatoms. The summed E-state index contributed by atoms with van der Waals surface area (Å²) in [4.78, 5) is 12.1. The van der Waals surface area contributed by atoms with Crippen molar-refractivity contribution in [3.63, 3.8) is 0 Å². The molecule has 1 aromatic rings. The Hall–Kier alpha value is -1.76. The van der Waals surface area contributed by atoms with E-state index in [1.807, 2.05) is 0 Å². The molecule has 2 rings (SSSR count). The number of nitrogens with one attached hydrogen (secondary N) is 1. The first-order valence-electron chi connectivity index (χ1n) is 7.65. The molecule has 0 aliphatic heterocycles. The van der Waals surface area contributed by atoms with Gasteiger partial charge in [0.25, 0.3) is 0 Å². The molecule has 1 saturated carbocycles. The van der Waals surface area contributed by atoms with Gasteiger partial charge in [-0.2, -0.15) is 13.2 Å². The van der Waals surface area contributed by atoms with Gasteiger partial charge in [0.05, 0.1) is 0 Å². The zero-order valence-corrected chi connectivity index (χ0v) is 12.7. The Balaban J connectivity index is 1.84. The summed E-state index contributed by atoms with van der Waals surface area (Å²) in [5, 5.41) is 2.82. The third-order valence-electron chi connectivity index (χ3n) is 3.85. The van der Waals surface area contributed by atoms with E-state index < -0.39 is 12.8 Å². The smallest absolute Gasteiger partial charge is 0.422 e. The third kappa shape index (κ3) is 6.09. The lowest BCUT2D eigenvalue weighted by molar-refractivity contribution is -0.153. The zero-order valence-electron chi connectivity index (χ0n) is 12.7. The van der Waals surface area contributed by atoms with Crippen LogP contribution in [0.25, 0.3) is 0 Å². The number of alkyl halides is 3. The fraction of sp³-hybridized carbons (Fsp3) is 0.562. The van der Waals surface area contributed by atoms with Crippen molar-refractivity contribution in [2.75, 3.05) is 6.61 Å². The summed E-state index contributed by atoms with van der Waals surface area (Å²) in [6.45, 7) is -1.07. The van der Waals surface area contributed by atoms with Crippen molar-refractivity contribution in [1.82, 2.24) is 5.32 Å². The van der Waals surface area contributed by atoms with Crippen LogP contribution in [0, 0.1) is 5.92 Å². The molecule has 3 N–H and O–H groups in total. The molecule has 1 aliphatic rings. The first-order chi connectivity index (χ1) is 10.8. The van der Waals surface area contributed by atoms with Gasteiger partial charge in [-0.05, 0) is 37.0 Å². The summed E-state index contributed by atoms with van der Waals surface area (Å²) < 4.78 is 41.1.